The van der Waals surface area contributed by atoms with Crippen LogP contribution in [0.25, 0.3) is 0 Å². The number of imidazole rings is 1. The van der Waals surface area contributed by atoms with E-state index in [4.69, 9.17) is 0 Å². The number of nitrogens with zero attached hydrogens (tertiary/aromatic N) is 2. The minimum absolute atomic E-state index is 0.686. The highest BCUT2D eigenvalue weighted by molar-refractivity contribution is 6.52. The van der Waals surface area contributed by atoms with Gasteiger partial charge in [0.15, 0.2) is 0 Å². The molecule has 1 aliphatic rings. The van der Waals surface area contributed by atoms with E-state index in [9.17, 15) is 0 Å². The summed E-state index contributed by atoms with van der Waals surface area (Å²) in [5, 5.41) is 0. The van der Waals surface area contributed by atoms with E-state index in [-0.39, 0.29) is 0 Å². The summed E-state index contributed by atoms with van der Waals surface area (Å²) in [5.41, 5.74) is 1.36. The normalized spacial score (nSPS) is 20.2. The number of aryl methyl sites for hydroxylation is 1. The standard InChI is InChI=1S/C10H15BN2/c1-3-4-5-12-6-7-13-8-9(2)11-10(12)13/h3,6-7,9H,1,4-5,8H2,2H3/t9-/m1/s1. The van der Waals surface area contributed by atoms with Crippen molar-refractivity contribution in [3.05, 3.63) is 25.0 Å². The van der Waals surface area contributed by atoms with Gasteiger partial charge in [0.2, 0.25) is 0 Å². The molecule has 2 nitrogen and oxygen atoms in total. The number of hydrogen-bond donors (Lipinski definition) is 0. The second-order valence-electron chi connectivity index (χ2n) is 3.72. The highest BCUT2D eigenvalue weighted by atomic mass is 15.1. The monoisotopic (exact) mass is 174 g/mol. The maximum absolute atomic E-state index is 3.74. The summed E-state index contributed by atoms with van der Waals surface area (Å²) in [7, 11) is 2.34. The van der Waals surface area contributed by atoms with E-state index in [2.05, 4.69) is 42.3 Å². The van der Waals surface area contributed by atoms with E-state index in [1.165, 1.54) is 5.72 Å². The van der Waals surface area contributed by atoms with Gasteiger partial charge in [0, 0.05) is 12.1 Å². The quantitative estimate of drug-likeness (QED) is 0.358. The summed E-state index contributed by atoms with van der Waals surface area (Å²) in [6.07, 6.45) is 7.33. The van der Waals surface area contributed by atoms with Crippen molar-refractivity contribution in [2.45, 2.75) is 32.3 Å². The molecule has 0 saturated heterocycles. The lowest BCUT2D eigenvalue weighted by molar-refractivity contribution is -0.673. The molecular formula is C10H15BN2. The lowest BCUT2D eigenvalue weighted by Crippen LogP contribution is -2.45. The summed E-state index contributed by atoms with van der Waals surface area (Å²) >= 11 is 0. The fourth-order valence-electron chi connectivity index (χ4n) is 1.86. The van der Waals surface area contributed by atoms with E-state index in [0.29, 0.717) is 5.82 Å². The van der Waals surface area contributed by atoms with Crippen LogP contribution in [0.2, 0.25) is 5.82 Å². The van der Waals surface area contributed by atoms with Crippen LogP contribution >= 0.6 is 0 Å². The number of rotatable bonds is 3. The van der Waals surface area contributed by atoms with E-state index in [0.717, 1.165) is 19.5 Å². The smallest absolute Gasteiger partial charge is 0.126 e. The van der Waals surface area contributed by atoms with Crippen LogP contribution in [0, 0.1) is 0 Å². The molecule has 68 valence electrons. The minimum atomic E-state index is 0.686. The molecule has 0 saturated carbocycles. The second kappa shape index (κ2) is 3.40. The molecule has 2 heterocycles. The first-order valence-electron chi connectivity index (χ1n) is 4.85. The van der Waals surface area contributed by atoms with Crippen LogP contribution < -0.4 is 10.3 Å². The first-order chi connectivity index (χ1) is 6.31. The molecule has 2 rings (SSSR count). The van der Waals surface area contributed by atoms with E-state index in [1.807, 2.05) is 6.08 Å². The van der Waals surface area contributed by atoms with Crippen LogP contribution in [0.5, 0.6) is 0 Å². The van der Waals surface area contributed by atoms with Crippen LogP contribution in [0.1, 0.15) is 13.3 Å². The maximum Gasteiger partial charge on any atom is 0.126 e. The molecule has 3 heteroatoms. The molecule has 2 radical (unpaired) electrons. The van der Waals surface area contributed by atoms with Gasteiger partial charge in [-0.15, -0.1) is 6.58 Å². The van der Waals surface area contributed by atoms with Gasteiger partial charge in [0.25, 0.3) is 0 Å². The zero-order chi connectivity index (χ0) is 9.26. The zero-order valence-corrected chi connectivity index (χ0v) is 8.11. The van der Waals surface area contributed by atoms with Crippen LogP contribution in [0.3, 0.4) is 0 Å². The van der Waals surface area contributed by atoms with Crippen LogP contribution in [0.15, 0.2) is 25.0 Å². The fourth-order valence-corrected chi connectivity index (χ4v) is 1.86. The van der Waals surface area contributed by atoms with Gasteiger partial charge in [-0.05, 0) is 0 Å². The maximum atomic E-state index is 3.74. The van der Waals surface area contributed by atoms with Crippen molar-refractivity contribution in [2.75, 3.05) is 0 Å². The average Bonchev–Trinajstić information content (AvgIpc) is 2.61. The molecule has 1 aromatic heterocycles. The number of hydrogen-bond acceptors (Lipinski definition) is 0. The lowest BCUT2D eigenvalue weighted by Gasteiger charge is -2.08. The Hall–Kier alpha value is -0.985. The van der Waals surface area contributed by atoms with E-state index in [1.54, 1.807) is 0 Å². The van der Waals surface area contributed by atoms with Crippen molar-refractivity contribution in [3.8, 4) is 0 Å². The average molecular weight is 174 g/mol. The minimum Gasteiger partial charge on any atom is -0.280 e. The van der Waals surface area contributed by atoms with E-state index < -0.39 is 0 Å². The number of fused-ring (bicyclic) bond motifs is 1. The molecule has 0 amide bonds. The molecule has 0 aliphatic carbocycles. The molecule has 0 spiro atoms. The Balaban J connectivity index is 2.15. The van der Waals surface area contributed by atoms with Gasteiger partial charge in [-0.1, -0.05) is 13.0 Å². The molecule has 0 bridgehead atoms. The Morgan fingerprint density at radius 2 is 2.69 bits per heavy atom. The number of allylic oxidation sites excluding steroid dienone is 1. The van der Waals surface area contributed by atoms with Gasteiger partial charge in [-0.3, -0.25) is 9.13 Å². The van der Waals surface area contributed by atoms with E-state index >= 15 is 0 Å². The summed E-state index contributed by atoms with van der Waals surface area (Å²) in [6, 6.07) is 0. The summed E-state index contributed by atoms with van der Waals surface area (Å²) in [4.78, 5) is 0. The Morgan fingerprint density at radius 3 is 3.46 bits per heavy atom. The molecule has 1 atom stereocenters. The Kier molecular flexibility index (Phi) is 2.25. The van der Waals surface area contributed by atoms with Crippen molar-refractivity contribution >= 4 is 13.0 Å². The third kappa shape index (κ3) is 1.55. The molecule has 0 aromatic carbocycles. The van der Waals surface area contributed by atoms with Gasteiger partial charge < -0.3 is 0 Å². The first kappa shape index (κ1) is 8.61. The zero-order valence-electron chi connectivity index (χ0n) is 8.11. The summed E-state index contributed by atoms with van der Waals surface area (Å²) < 4.78 is 4.61. The van der Waals surface area contributed by atoms with Crippen LogP contribution in [0.4, 0.5) is 0 Å². The van der Waals surface area contributed by atoms with Gasteiger partial charge in [0.1, 0.15) is 12.4 Å². The second-order valence-corrected chi connectivity index (χ2v) is 3.72. The fraction of sp³-hybridized carbons (Fsp3) is 0.500. The van der Waals surface area contributed by atoms with Gasteiger partial charge >= 0.3 is 0 Å². The van der Waals surface area contributed by atoms with Crippen molar-refractivity contribution in [3.63, 3.8) is 0 Å². The number of aromatic nitrogens is 2. The predicted molar refractivity (Wildman–Crippen MR) is 54.3 cm³/mol. The highest BCUT2D eigenvalue weighted by Crippen LogP contribution is 2.05. The third-order valence-corrected chi connectivity index (χ3v) is 2.51. The Bertz CT molecular complexity index is 317. The molecule has 13 heavy (non-hydrogen) atoms. The van der Waals surface area contributed by atoms with Crippen LogP contribution in [-0.2, 0) is 13.1 Å². The lowest BCUT2D eigenvalue weighted by atomic mass is 9.67. The van der Waals surface area contributed by atoms with Gasteiger partial charge in [-0.2, -0.15) is 13.1 Å². The first-order valence-corrected chi connectivity index (χ1v) is 4.85. The van der Waals surface area contributed by atoms with Crippen molar-refractivity contribution in [1.82, 2.24) is 4.57 Å². The molecule has 0 fully saturated rings. The van der Waals surface area contributed by atoms with Crippen molar-refractivity contribution in [2.24, 2.45) is 0 Å². The third-order valence-electron chi connectivity index (χ3n) is 2.51. The van der Waals surface area contributed by atoms with Crippen molar-refractivity contribution < 1.29 is 4.57 Å². The topological polar surface area (TPSA) is 8.81 Å². The van der Waals surface area contributed by atoms with Crippen molar-refractivity contribution in [1.29, 1.82) is 0 Å². The van der Waals surface area contributed by atoms with Gasteiger partial charge in [0.05, 0.1) is 13.1 Å². The SMILES string of the molecule is C=CCCn1cc[n+]2c1[B-][C@H](C)C2. The van der Waals surface area contributed by atoms with Gasteiger partial charge in [-0.25, -0.2) is 0 Å². The molecular weight excluding hydrogens is 159 g/mol. The molecule has 0 unspecified atom stereocenters. The summed E-state index contributed by atoms with van der Waals surface area (Å²) in [5.74, 6) is 0.686. The summed E-state index contributed by atoms with van der Waals surface area (Å²) in [6.45, 7) is 8.18. The molecule has 1 aliphatic heterocycles. The highest BCUT2D eigenvalue weighted by Gasteiger charge is 2.14. The Labute approximate surface area is 80.1 Å². The molecule has 0 N–H and O–H groups in total. The molecule has 1 aromatic rings. The largest absolute Gasteiger partial charge is 0.280 e. The Morgan fingerprint density at radius 1 is 1.85 bits per heavy atom. The van der Waals surface area contributed by atoms with Crippen LogP contribution in [-0.4, -0.2) is 11.8 Å². The predicted octanol–water partition coefficient (Wildman–Crippen LogP) is 0.503.